The lowest BCUT2D eigenvalue weighted by Crippen LogP contribution is -2.47. The molecule has 1 aliphatic rings. The van der Waals surface area contributed by atoms with E-state index in [2.05, 4.69) is 0 Å². The number of nitrogens with zero attached hydrogens (tertiary/aromatic N) is 1. The van der Waals surface area contributed by atoms with Crippen molar-refractivity contribution in [3.05, 3.63) is 0 Å². The number of rotatable bonds is 6. The minimum absolute atomic E-state index is 0.214. The zero-order chi connectivity index (χ0) is 17.6. The fourth-order valence-corrected chi connectivity index (χ4v) is 7.49. The maximum absolute atomic E-state index is 12.6. The molecule has 0 spiro atoms. The first-order valence-electron chi connectivity index (χ1n) is 6.75. The van der Waals surface area contributed by atoms with Crippen molar-refractivity contribution >= 4 is 39.3 Å². The van der Waals surface area contributed by atoms with Crippen LogP contribution in [-0.2, 0) is 22.9 Å². The van der Waals surface area contributed by atoms with Crippen molar-refractivity contribution < 1.29 is 22.0 Å². The van der Waals surface area contributed by atoms with Crippen LogP contribution in [0.25, 0.3) is 0 Å². The van der Waals surface area contributed by atoms with Crippen LogP contribution in [0.4, 0.5) is 0 Å². The van der Waals surface area contributed by atoms with Gasteiger partial charge in [-0.15, -0.1) is 10.3 Å². The van der Waals surface area contributed by atoms with Crippen LogP contribution in [0.1, 0.15) is 27.7 Å². The first-order valence-corrected chi connectivity index (χ1v) is 13.5. The second-order valence-corrected chi connectivity index (χ2v) is 15.8. The summed E-state index contributed by atoms with van der Waals surface area (Å²) in [6, 6.07) is 0. The van der Waals surface area contributed by atoms with Gasteiger partial charge >= 0.3 is 0 Å². The van der Waals surface area contributed by atoms with Crippen LogP contribution < -0.4 is 0 Å². The van der Waals surface area contributed by atoms with Crippen LogP contribution in [0.2, 0.25) is 0 Å². The minimum atomic E-state index is -3.21. The van der Waals surface area contributed by atoms with Crippen molar-refractivity contribution in [2.45, 2.75) is 38.8 Å². The summed E-state index contributed by atoms with van der Waals surface area (Å²) in [7, 11) is -4.78. The van der Waals surface area contributed by atoms with Gasteiger partial charge in [-0.3, -0.25) is 0 Å². The Morgan fingerprint density at radius 2 is 1.09 bits per heavy atom. The van der Waals surface area contributed by atoms with Crippen LogP contribution in [-0.4, -0.2) is 57.0 Å². The first-order chi connectivity index (χ1) is 9.59. The number of hydroxylamine groups is 2. The smallest absolute Gasteiger partial charge is 0.198 e. The molecule has 1 saturated heterocycles. The van der Waals surface area contributed by atoms with E-state index in [1.807, 2.05) is 0 Å². The Bertz CT molecular complexity index is 557. The van der Waals surface area contributed by atoms with E-state index in [0.717, 1.165) is 39.2 Å². The van der Waals surface area contributed by atoms with Gasteiger partial charge in [-0.05, 0) is 61.1 Å². The molecular formula is C12H24NO5S4. The van der Waals surface area contributed by atoms with Gasteiger partial charge in [0.15, 0.2) is 17.7 Å². The Morgan fingerprint density at radius 3 is 1.32 bits per heavy atom. The Hall–Kier alpha value is 0.520. The van der Waals surface area contributed by atoms with Gasteiger partial charge in [-0.2, -0.15) is 0 Å². The SMILES string of the molecule is CC1(C)[C@@H](CSS(C)(=O)=O)[C@H](CSS(C)(=O)=O)C(C)(C)N1[O]. The van der Waals surface area contributed by atoms with Gasteiger partial charge in [-0.25, -0.2) is 16.8 Å². The predicted molar refractivity (Wildman–Crippen MR) is 92.3 cm³/mol. The summed E-state index contributed by atoms with van der Waals surface area (Å²) in [5.74, 6) is 0.134. The van der Waals surface area contributed by atoms with Crippen LogP contribution in [0.15, 0.2) is 0 Å². The summed E-state index contributed by atoms with van der Waals surface area (Å²) < 4.78 is 45.7. The van der Waals surface area contributed by atoms with Crippen molar-refractivity contribution in [3.8, 4) is 0 Å². The Labute approximate surface area is 141 Å². The topological polar surface area (TPSA) is 91.4 Å². The van der Waals surface area contributed by atoms with E-state index >= 15 is 0 Å². The molecule has 22 heavy (non-hydrogen) atoms. The molecule has 2 atom stereocenters. The van der Waals surface area contributed by atoms with Crippen molar-refractivity contribution in [3.63, 3.8) is 0 Å². The minimum Gasteiger partial charge on any atom is -0.218 e. The Morgan fingerprint density at radius 1 is 0.818 bits per heavy atom. The van der Waals surface area contributed by atoms with E-state index in [9.17, 15) is 22.0 Å². The van der Waals surface area contributed by atoms with Gasteiger partial charge in [0.05, 0.1) is 0 Å². The molecule has 131 valence electrons. The molecule has 1 aliphatic heterocycles. The molecule has 0 aromatic rings. The van der Waals surface area contributed by atoms with Crippen LogP contribution in [0.5, 0.6) is 0 Å². The molecule has 0 N–H and O–H groups in total. The molecule has 1 radical (unpaired) electrons. The van der Waals surface area contributed by atoms with E-state index in [1.54, 1.807) is 27.7 Å². The summed E-state index contributed by atoms with van der Waals surface area (Å²) in [6.45, 7) is 7.17. The van der Waals surface area contributed by atoms with Gasteiger partial charge < -0.3 is 0 Å². The standard InChI is InChI=1S/C12H24NO5S4/c1-11(2)9(7-19-21(5,15)16)10(8-20-22(6,17)18)12(3,4)13(11)14/h9-10H,7-8H2,1-6H3/t9-,10-/m0/s1. The third-order valence-corrected chi connectivity index (χ3v) is 9.50. The molecule has 0 saturated carbocycles. The highest BCUT2D eigenvalue weighted by molar-refractivity contribution is 8.72. The second kappa shape index (κ2) is 6.44. The van der Waals surface area contributed by atoms with Crippen molar-refractivity contribution in [2.24, 2.45) is 11.8 Å². The molecule has 0 unspecified atom stereocenters. The molecule has 0 bridgehead atoms. The lowest BCUT2D eigenvalue weighted by atomic mass is 9.79. The first kappa shape index (κ1) is 20.6. The van der Waals surface area contributed by atoms with E-state index in [0.29, 0.717) is 0 Å². The summed E-state index contributed by atoms with van der Waals surface area (Å²) in [5, 5.41) is 13.6. The van der Waals surface area contributed by atoms with Crippen LogP contribution in [0, 0.1) is 11.8 Å². The van der Waals surface area contributed by atoms with Crippen LogP contribution >= 0.6 is 21.6 Å². The monoisotopic (exact) mass is 390 g/mol. The lowest BCUT2D eigenvalue weighted by Gasteiger charge is -2.33. The van der Waals surface area contributed by atoms with Crippen molar-refractivity contribution in [2.75, 3.05) is 24.0 Å². The van der Waals surface area contributed by atoms with Gasteiger partial charge in [0.1, 0.15) is 0 Å². The van der Waals surface area contributed by atoms with Gasteiger partial charge in [0.25, 0.3) is 0 Å². The highest BCUT2D eigenvalue weighted by atomic mass is 33.1. The molecule has 0 amide bonds. The summed E-state index contributed by atoms with van der Waals surface area (Å²) in [4.78, 5) is 0. The molecule has 0 aromatic heterocycles. The van der Waals surface area contributed by atoms with E-state index in [4.69, 9.17) is 0 Å². The Kier molecular flexibility index (Phi) is 6.02. The van der Waals surface area contributed by atoms with Gasteiger partial charge in [0.2, 0.25) is 0 Å². The Balaban J connectivity index is 3.09. The molecule has 10 heteroatoms. The summed E-state index contributed by atoms with van der Waals surface area (Å²) in [6.07, 6.45) is 2.28. The zero-order valence-corrected chi connectivity index (χ0v) is 17.0. The average Bonchev–Trinajstić information content (AvgIpc) is 2.40. The molecule has 1 fully saturated rings. The zero-order valence-electron chi connectivity index (χ0n) is 13.7. The molecule has 6 nitrogen and oxygen atoms in total. The summed E-state index contributed by atoms with van der Waals surface area (Å²) >= 11 is 0. The van der Waals surface area contributed by atoms with E-state index in [-0.39, 0.29) is 23.3 Å². The van der Waals surface area contributed by atoms with E-state index < -0.39 is 28.8 Å². The third kappa shape index (κ3) is 4.76. The molecular weight excluding hydrogens is 366 g/mol. The molecule has 0 aromatic carbocycles. The largest absolute Gasteiger partial charge is 0.218 e. The van der Waals surface area contributed by atoms with Gasteiger partial charge in [-0.1, -0.05) is 0 Å². The average molecular weight is 391 g/mol. The normalized spacial score (nSPS) is 28.9. The highest BCUT2D eigenvalue weighted by Gasteiger charge is 2.58. The van der Waals surface area contributed by atoms with Gasteiger partial charge in [0, 0.05) is 35.1 Å². The number of hydrogen-bond acceptors (Lipinski definition) is 7. The lowest BCUT2D eigenvalue weighted by molar-refractivity contribution is -0.250. The summed E-state index contributed by atoms with van der Waals surface area (Å²) in [5.41, 5.74) is -1.49. The molecule has 1 heterocycles. The highest BCUT2D eigenvalue weighted by Crippen LogP contribution is 2.51. The second-order valence-electron chi connectivity index (χ2n) is 6.79. The van der Waals surface area contributed by atoms with Crippen LogP contribution in [0.3, 0.4) is 0 Å². The maximum atomic E-state index is 12.6. The quantitative estimate of drug-likeness (QED) is 0.639. The van der Waals surface area contributed by atoms with E-state index in [1.165, 1.54) is 0 Å². The fraction of sp³-hybridized carbons (Fsp3) is 1.00. The predicted octanol–water partition coefficient (Wildman–Crippen LogP) is 1.82. The van der Waals surface area contributed by atoms with Crippen molar-refractivity contribution in [1.82, 2.24) is 5.06 Å². The van der Waals surface area contributed by atoms with Crippen molar-refractivity contribution in [1.29, 1.82) is 0 Å². The molecule has 0 aliphatic carbocycles. The third-order valence-electron chi connectivity index (χ3n) is 4.27. The maximum Gasteiger partial charge on any atom is 0.198 e. The molecule has 1 rings (SSSR count). The number of hydrogen-bond donors (Lipinski definition) is 0. The fourth-order valence-electron chi connectivity index (χ4n) is 3.06.